The number of carbonyl (C=O) groups excluding carboxylic acids is 1. The molecule has 1 aliphatic heterocycles. The fourth-order valence-corrected chi connectivity index (χ4v) is 3.47. The van der Waals surface area contributed by atoms with Crippen LogP contribution < -0.4 is 0 Å². The van der Waals surface area contributed by atoms with E-state index in [9.17, 15) is 9.90 Å². The molecule has 1 saturated carbocycles. The molecule has 2 N–H and O–H groups in total. The van der Waals surface area contributed by atoms with Crippen molar-refractivity contribution < 1.29 is 14.3 Å². The maximum atomic E-state index is 12.8. The first-order chi connectivity index (χ1) is 12.0. The molecule has 2 aliphatic rings. The first-order valence-electron chi connectivity index (χ1n) is 8.69. The van der Waals surface area contributed by atoms with Gasteiger partial charge in [-0.25, -0.2) is 0 Å². The topological polar surface area (TPSA) is 98.5 Å². The summed E-state index contributed by atoms with van der Waals surface area (Å²) in [5, 5.41) is 21.0. The van der Waals surface area contributed by atoms with Crippen molar-refractivity contribution in [3.8, 4) is 0 Å². The van der Waals surface area contributed by atoms with Crippen LogP contribution in [0.2, 0.25) is 0 Å². The van der Waals surface area contributed by atoms with E-state index in [1.165, 1.54) is 0 Å². The molecule has 3 heterocycles. The van der Waals surface area contributed by atoms with Gasteiger partial charge in [0.05, 0.1) is 19.3 Å². The predicted octanol–water partition coefficient (Wildman–Crippen LogP) is 0.791. The minimum absolute atomic E-state index is 0.0842. The van der Waals surface area contributed by atoms with Crippen LogP contribution in [0.4, 0.5) is 0 Å². The number of nitrogens with zero attached hydrogens (tertiary/aromatic N) is 4. The molecule has 1 atom stereocenters. The summed E-state index contributed by atoms with van der Waals surface area (Å²) in [5.41, 5.74) is -0.497. The number of aliphatic hydroxyl groups is 1. The van der Waals surface area contributed by atoms with Crippen molar-refractivity contribution in [2.45, 2.75) is 44.4 Å². The molecule has 1 unspecified atom stereocenters. The smallest absolute Gasteiger partial charge is 0.237 e. The lowest BCUT2D eigenvalue weighted by atomic mass is 10.0. The largest absolute Gasteiger partial charge is 0.464 e. The van der Waals surface area contributed by atoms with Gasteiger partial charge < -0.3 is 14.4 Å². The number of amides is 1. The molecular weight excluding hydrogens is 322 g/mol. The van der Waals surface area contributed by atoms with E-state index in [0.717, 1.165) is 24.4 Å². The van der Waals surface area contributed by atoms with Crippen LogP contribution in [-0.2, 0) is 16.9 Å². The molecule has 2 fully saturated rings. The van der Waals surface area contributed by atoms with Crippen molar-refractivity contribution in [3.63, 3.8) is 0 Å². The van der Waals surface area contributed by atoms with Crippen LogP contribution in [0.25, 0.3) is 0 Å². The molecule has 8 heteroatoms. The number of β-amino-alcohol motifs (C(OH)–C–C–N with tert-alkyl or cyclic N) is 1. The zero-order valence-corrected chi connectivity index (χ0v) is 14.3. The van der Waals surface area contributed by atoms with Gasteiger partial charge in [0, 0.05) is 19.1 Å². The van der Waals surface area contributed by atoms with Gasteiger partial charge in [0.1, 0.15) is 22.8 Å². The molecule has 134 valence electrons. The van der Waals surface area contributed by atoms with Crippen LogP contribution in [0.5, 0.6) is 0 Å². The lowest BCUT2D eigenvalue weighted by Crippen LogP contribution is -2.41. The highest BCUT2D eigenvalue weighted by molar-refractivity contribution is 5.79. The molecule has 0 spiro atoms. The molecule has 8 nitrogen and oxygen atoms in total. The molecule has 1 amide bonds. The molecule has 0 radical (unpaired) electrons. The molecule has 0 aromatic carbocycles. The Balaban J connectivity index is 1.39. The van der Waals surface area contributed by atoms with E-state index in [4.69, 9.17) is 4.42 Å². The maximum absolute atomic E-state index is 12.8. The molecular formula is C17H23N5O3. The lowest BCUT2D eigenvalue weighted by molar-refractivity contribution is -0.133. The quantitative estimate of drug-likeness (QED) is 0.803. The SMILES string of the molecule is Cc1ccc(CN(C(=O)CN2CCC(O)(c3cn[nH]n3)C2)C2CC2)o1. The summed E-state index contributed by atoms with van der Waals surface area (Å²) in [6.45, 7) is 3.77. The average Bonchev–Trinajstić information content (AvgIpc) is 2.98. The van der Waals surface area contributed by atoms with Crippen molar-refractivity contribution in [1.29, 1.82) is 0 Å². The van der Waals surface area contributed by atoms with Crippen molar-refractivity contribution in [2.24, 2.45) is 0 Å². The van der Waals surface area contributed by atoms with Gasteiger partial charge in [-0.2, -0.15) is 15.4 Å². The molecule has 1 aliphatic carbocycles. The van der Waals surface area contributed by atoms with Crippen LogP contribution in [0, 0.1) is 6.92 Å². The van der Waals surface area contributed by atoms with Crippen molar-refractivity contribution >= 4 is 5.91 Å². The third-order valence-electron chi connectivity index (χ3n) is 5.01. The number of H-pyrrole nitrogens is 1. The number of hydrogen-bond donors (Lipinski definition) is 2. The summed E-state index contributed by atoms with van der Waals surface area (Å²) in [4.78, 5) is 16.7. The molecule has 2 aromatic rings. The third-order valence-corrected chi connectivity index (χ3v) is 5.01. The van der Waals surface area contributed by atoms with E-state index in [0.29, 0.717) is 44.3 Å². The lowest BCUT2D eigenvalue weighted by Gasteiger charge is -2.25. The normalized spacial score (nSPS) is 23.9. The second kappa shape index (κ2) is 6.27. The first-order valence-corrected chi connectivity index (χ1v) is 8.69. The summed E-state index contributed by atoms with van der Waals surface area (Å²) >= 11 is 0. The Morgan fingerprint density at radius 2 is 2.36 bits per heavy atom. The van der Waals surface area contributed by atoms with Crippen LogP contribution in [0.3, 0.4) is 0 Å². The Kier molecular flexibility index (Phi) is 4.09. The van der Waals surface area contributed by atoms with E-state index in [1.54, 1.807) is 6.20 Å². The average molecular weight is 345 g/mol. The zero-order valence-electron chi connectivity index (χ0n) is 14.3. The monoisotopic (exact) mass is 345 g/mol. The van der Waals surface area contributed by atoms with E-state index >= 15 is 0 Å². The van der Waals surface area contributed by atoms with Crippen LogP contribution in [0.1, 0.15) is 36.5 Å². The van der Waals surface area contributed by atoms with E-state index in [1.807, 2.05) is 28.9 Å². The highest BCUT2D eigenvalue weighted by atomic mass is 16.3. The van der Waals surface area contributed by atoms with Gasteiger partial charge in [-0.05, 0) is 38.3 Å². The predicted molar refractivity (Wildman–Crippen MR) is 88.4 cm³/mol. The number of aryl methyl sites for hydroxylation is 1. The number of furan rings is 1. The Hall–Kier alpha value is -2.19. The number of likely N-dealkylation sites (tertiary alicyclic amines) is 1. The Morgan fingerprint density at radius 1 is 1.52 bits per heavy atom. The van der Waals surface area contributed by atoms with Gasteiger partial charge in [-0.1, -0.05) is 0 Å². The number of aromatic nitrogens is 3. The van der Waals surface area contributed by atoms with Gasteiger partial charge in [-0.15, -0.1) is 0 Å². The molecule has 25 heavy (non-hydrogen) atoms. The molecule has 4 rings (SSSR count). The van der Waals surface area contributed by atoms with E-state index in [2.05, 4.69) is 15.4 Å². The summed E-state index contributed by atoms with van der Waals surface area (Å²) in [6, 6.07) is 4.16. The minimum atomic E-state index is -1.03. The Morgan fingerprint density at radius 3 is 3.00 bits per heavy atom. The summed E-state index contributed by atoms with van der Waals surface area (Å²) < 4.78 is 5.63. The molecule has 1 saturated heterocycles. The van der Waals surface area contributed by atoms with Gasteiger partial charge in [-0.3, -0.25) is 9.69 Å². The second-order valence-corrected chi connectivity index (χ2v) is 7.11. The fourth-order valence-electron chi connectivity index (χ4n) is 3.47. The Labute approximate surface area is 145 Å². The van der Waals surface area contributed by atoms with Crippen LogP contribution in [0.15, 0.2) is 22.7 Å². The van der Waals surface area contributed by atoms with Crippen molar-refractivity contribution in [1.82, 2.24) is 25.2 Å². The number of nitrogens with one attached hydrogen (secondary N) is 1. The van der Waals surface area contributed by atoms with Crippen LogP contribution >= 0.6 is 0 Å². The summed E-state index contributed by atoms with van der Waals surface area (Å²) in [5.74, 6) is 1.76. The third kappa shape index (κ3) is 3.45. The van der Waals surface area contributed by atoms with E-state index in [-0.39, 0.29) is 5.91 Å². The maximum Gasteiger partial charge on any atom is 0.237 e. The first kappa shape index (κ1) is 16.3. The minimum Gasteiger partial charge on any atom is -0.464 e. The fraction of sp³-hybridized carbons (Fsp3) is 0.588. The van der Waals surface area contributed by atoms with Gasteiger partial charge in [0.25, 0.3) is 0 Å². The van der Waals surface area contributed by atoms with Crippen molar-refractivity contribution in [2.75, 3.05) is 19.6 Å². The highest BCUT2D eigenvalue weighted by Crippen LogP contribution is 2.32. The number of aromatic amines is 1. The van der Waals surface area contributed by atoms with Gasteiger partial charge in [0.2, 0.25) is 5.91 Å². The number of hydrogen-bond acceptors (Lipinski definition) is 6. The second-order valence-electron chi connectivity index (χ2n) is 7.11. The molecule has 2 aromatic heterocycles. The zero-order chi connectivity index (χ0) is 17.4. The van der Waals surface area contributed by atoms with Crippen molar-refractivity contribution in [3.05, 3.63) is 35.5 Å². The van der Waals surface area contributed by atoms with Gasteiger partial charge >= 0.3 is 0 Å². The highest BCUT2D eigenvalue weighted by Gasteiger charge is 2.41. The van der Waals surface area contributed by atoms with Gasteiger partial charge in [0.15, 0.2) is 0 Å². The Bertz CT molecular complexity index is 739. The molecule has 0 bridgehead atoms. The summed E-state index contributed by atoms with van der Waals surface area (Å²) in [7, 11) is 0. The standard InChI is InChI=1S/C17H23N5O3/c1-12-2-5-14(25-12)9-22(13-3-4-13)16(23)10-21-7-6-17(24,11-21)15-8-18-20-19-15/h2,5,8,13,24H,3-4,6-7,9-11H2,1H3,(H,18,19,20). The number of rotatable bonds is 6. The van der Waals surface area contributed by atoms with Crippen LogP contribution in [-0.4, -0.2) is 61.9 Å². The number of carbonyl (C=O) groups is 1. The summed E-state index contributed by atoms with van der Waals surface area (Å²) in [6.07, 6.45) is 4.19. The van der Waals surface area contributed by atoms with E-state index < -0.39 is 5.60 Å².